The van der Waals surface area contributed by atoms with E-state index in [1.54, 1.807) is 6.92 Å². The van der Waals surface area contributed by atoms with Gasteiger partial charge in [0.25, 0.3) is 5.91 Å². The van der Waals surface area contributed by atoms with Gasteiger partial charge in [-0.25, -0.2) is 9.38 Å². The summed E-state index contributed by atoms with van der Waals surface area (Å²) in [7, 11) is 0. The lowest BCUT2D eigenvalue weighted by atomic mass is 9.93. The predicted octanol–water partition coefficient (Wildman–Crippen LogP) is 4.15. The van der Waals surface area contributed by atoms with Gasteiger partial charge < -0.3 is 5.32 Å². The van der Waals surface area contributed by atoms with Crippen LogP contribution in [0.1, 0.15) is 52.4 Å². The van der Waals surface area contributed by atoms with Crippen molar-refractivity contribution in [3.8, 4) is 0 Å². The van der Waals surface area contributed by atoms with Crippen LogP contribution in [0.3, 0.4) is 0 Å². The largest absolute Gasteiger partial charge is 0.351 e. The molecule has 2 aliphatic rings. The second kappa shape index (κ2) is 4.92. The first-order valence-corrected chi connectivity index (χ1v) is 8.05. The van der Waals surface area contributed by atoms with Crippen LogP contribution >= 0.6 is 22.9 Å². The number of amides is 1. The molecule has 1 amide bonds. The van der Waals surface area contributed by atoms with Gasteiger partial charge in [0.1, 0.15) is 16.7 Å². The molecule has 0 radical (unpaired) electrons. The van der Waals surface area contributed by atoms with Gasteiger partial charge in [0, 0.05) is 16.8 Å². The fourth-order valence-corrected chi connectivity index (χ4v) is 4.46. The Hall–Kier alpha value is -1.20. The van der Waals surface area contributed by atoms with E-state index in [1.165, 1.54) is 18.3 Å². The van der Waals surface area contributed by atoms with E-state index in [2.05, 4.69) is 10.3 Å². The molecule has 1 aromatic heterocycles. The second-order valence-electron chi connectivity index (χ2n) is 5.71. The van der Waals surface area contributed by atoms with Crippen molar-refractivity contribution in [1.29, 1.82) is 0 Å². The first-order chi connectivity index (χ1) is 9.85. The molecule has 1 aromatic rings. The van der Waals surface area contributed by atoms with Crippen LogP contribution in [0.2, 0.25) is 0 Å². The van der Waals surface area contributed by atoms with Crippen molar-refractivity contribution < 1.29 is 9.18 Å². The van der Waals surface area contributed by atoms with E-state index in [4.69, 9.17) is 11.6 Å². The number of fused-ring (bicyclic) bond motifs is 2. The number of aliphatic imine (C=N–C) groups is 1. The van der Waals surface area contributed by atoms with Crippen molar-refractivity contribution in [2.75, 3.05) is 6.54 Å². The zero-order valence-electron chi connectivity index (χ0n) is 12.1. The molecule has 1 fully saturated rings. The Balaban J connectivity index is 2.20. The normalized spacial score (nSPS) is 21.0. The summed E-state index contributed by atoms with van der Waals surface area (Å²) >= 11 is 7.31. The van der Waals surface area contributed by atoms with Crippen LogP contribution in [-0.4, -0.2) is 17.6 Å². The average molecular weight is 327 g/mol. The Morgan fingerprint density at radius 2 is 2.10 bits per heavy atom. The molecule has 3 rings (SSSR count). The lowest BCUT2D eigenvalue weighted by Gasteiger charge is -2.22. The van der Waals surface area contributed by atoms with Crippen LogP contribution in [0.25, 0.3) is 5.70 Å². The molecular formula is C15H16ClFN2OS. The number of nitrogens with one attached hydrogen (secondary N) is 1. The number of rotatable bonds is 2. The zero-order chi connectivity index (χ0) is 15.4. The maximum absolute atomic E-state index is 13.9. The summed E-state index contributed by atoms with van der Waals surface area (Å²) in [5, 5.41) is 3.23. The number of hydrogen-bond donors (Lipinski definition) is 1. The van der Waals surface area contributed by atoms with Gasteiger partial charge >= 0.3 is 0 Å². The van der Waals surface area contributed by atoms with Crippen molar-refractivity contribution in [3.05, 3.63) is 26.7 Å². The summed E-state index contributed by atoms with van der Waals surface area (Å²) in [5.41, 5.74) is 1.82. The minimum Gasteiger partial charge on any atom is -0.351 e. The number of halogens is 2. The highest BCUT2D eigenvalue weighted by Crippen LogP contribution is 2.55. The summed E-state index contributed by atoms with van der Waals surface area (Å²) in [6, 6.07) is 0. The fraction of sp³-hybridized carbons (Fsp3) is 0.467. The molecular weight excluding hydrogens is 311 g/mol. The topological polar surface area (TPSA) is 41.5 Å². The van der Waals surface area contributed by atoms with Crippen LogP contribution in [0.15, 0.2) is 10.8 Å². The molecule has 1 spiro atoms. The Morgan fingerprint density at radius 1 is 1.43 bits per heavy atom. The molecule has 6 heteroatoms. The van der Waals surface area contributed by atoms with Crippen molar-refractivity contribution in [1.82, 2.24) is 5.32 Å². The summed E-state index contributed by atoms with van der Waals surface area (Å²) in [6.07, 6.45) is 2.15. The molecule has 112 valence electrons. The van der Waals surface area contributed by atoms with Gasteiger partial charge in [0.15, 0.2) is 0 Å². The summed E-state index contributed by atoms with van der Waals surface area (Å²) in [6.45, 7) is 5.52. The van der Waals surface area contributed by atoms with Crippen LogP contribution in [0, 0.1) is 6.92 Å². The van der Waals surface area contributed by atoms with Gasteiger partial charge in [-0.15, -0.1) is 11.3 Å². The molecule has 0 unspecified atom stereocenters. The predicted molar refractivity (Wildman–Crippen MR) is 85.0 cm³/mol. The molecule has 1 saturated carbocycles. The Bertz CT molecular complexity index is 693. The van der Waals surface area contributed by atoms with Crippen molar-refractivity contribution in [2.45, 2.75) is 39.0 Å². The van der Waals surface area contributed by atoms with E-state index in [0.29, 0.717) is 17.0 Å². The SMILES string of the molecule is C/C(Cl)=N\C(=C(/C)F)c1sc2c(c1C)C(=O)NCC21CC1. The Labute approximate surface area is 131 Å². The van der Waals surface area contributed by atoms with E-state index in [1.807, 2.05) is 6.92 Å². The van der Waals surface area contributed by atoms with Gasteiger partial charge in [-0.2, -0.15) is 0 Å². The highest BCUT2D eigenvalue weighted by atomic mass is 35.5. The van der Waals surface area contributed by atoms with Crippen LogP contribution in [0.5, 0.6) is 0 Å². The molecule has 0 atom stereocenters. The first kappa shape index (κ1) is 14.7. The zero-order valence-corrected chi connectivity index (χ0v) is 13.7. The van der Waals surface area contributed by atoms with Gasteiger partial charge in [0.05, 0.1) is 10.4 Å². The molecule has 1 N–H and O–H groups in total. The molecule has 1 aliphatic heterocycles. The van der Waals surface area contributed by atoms with Gasteiger partial charge in [-0.1, -0.05) is 11.6 Å². The first-order valence-electron chi connectivity index (χ1n) is 6.85. The maximum atomic E-state index is 13.9. The number of thiophene rings is 1. The molecule has 1 aliphatic carbocycles. The highest BCUT2D eigenvalue weighted by molar-refractivity contribution is 7.14. The second-order valence-corrected chi connectivity index (χ2v) is 7.28. The summed E-state index contributed by atoms with van der Waals surface area (Å²) in [5.74, 6) is -0.452. The van der Waals surface area contributed by atoms with E-state index < -0.39 is 0 Å². The summed E-state index contributed by atoms with van der Waals surface area (Å²) < 4.78 is 13.9. The number of hydrogen-bond acceptors (Lipinski definition) is 3. The van der Waals surface area contributed by atoms with E-state index in [9.17, 15) is 9.18 Å². The van der Waals surface area contributed by atoms with E-state index in [-0.39, 0.29) is 28.0 Å². The third-order valence-electron chi connectivity index (χ3n) is 4.10. The van der Waals surface area contributed by atoms with Crippen molar-refractivity contribution in [2.24, 2.45) is 4.99 Å². The Kier molecular flexibility index (Phi) is 3.45. The fourth-order valence-electron chi connectivity index (χ4n) is 2.80. The smallest absolute Gasteiger partial charge is 0.252 e. The highest BCUT2D eigenvalue weighted by Gasteiger charge is 2.51. The van der Waals surface area contributed by atoms with Gasteiger partial charge in [-0.05, 0) is 39.2 Å². The quantitative estimate of drug-likeness (QED) is 0.815. The number of carbonyl (C=O) groups excluding carboxylic acids is 1. The monoisotopic (exact) mass is 326 g/mol. The molecule has 0 bridgehead atoms. The lowest BCUT2D eigenvalue weighted by molar-refractivity contribution is 0.0938. The average Bonchev–Trinajstić information content (AvgIpc) is 3.09. The van der Waals surface area contributed by atoms with E-state index >= 15 is 0 Å². The molecule has 0 aromatic carbocycles. The van der Waals surface area contributed by atoms with Crippen LogP contribution in [-0.2, 0) is 5.41 Å². The van der Waals surface area contributed by atoms with Gasteiger partial charge in [0.2, 0.25) is 0 Å². The minimum atomic E-state index is -0.387. The molecule has 3 nitrogen and oxygen atoms in total. The minimum absolute atomic E-state index is 0.0649. The van der Waals surface area contributed by atoms with Crippen molar-refractivity contribution >= 4 is 39.7 Å². The number of nitrogens with zero attached hydrogens (tertiary/aromatic N) is 1. The number of allylic oxidation sites excluding steroid dienone is 1. The van der Waals surface area contributed by atoms with Crippen LogP contribution in [0.4, 0.5) is 4.39 Å². The lowest BCUT2D eigenvalue weighted by Crippen LogP contribution is -2.38. The molecule has 2 heterocycles. The van der Waals surface area contributed by atoms with Crippen molar-refractivity contribution in [3.63, 3.8) is 0 Å². The molecule has 0 saturated heterocycles. The van der Waals surface area contributed by atoms with Gasteiger partial charge in [-0.3, -0.25) is 4.79 Å². The third kappa shape index (κ3) is 2.32. The third-order valence-corrected chi connectivity index (χ3v) is 5.73. The number of carbonyl (C=O) groups is 1. The van der Waals surface area contributed by atoms with E-state index in [0.717, 1.165) is 23.3 Å². The Morgan fingerprint density at radius 3 is 2.62 bits per heavy atom. The summed E-state index contributed by atoms with van der Waals surface area (Å²) in [4.78, 5) is 18.1. The maximum Gasteiger partial charge on any atom is 0.252 e. The van der Waals surface area contributed by atoms with Crippen LogP contribution < -0.4 is 5.32 Å². The molecule has 21 heavy (non-hydrogen) atoms. The standard InChI is InChI=1S/C15H16ClFN2OS/c1-7-10-13(15(4-5-15)6-18-14(10)20)21-12(7)11(8(2)17)19-9(3)16/h4-6H2,1-3H3,(H,18,20)/b11-8+,19-9+.